The molecule has 1 atom stereocenters. The van der Waals surface area contributed by atoms with Gasteiger partial charge in [0, 0.05) is 12.7 Å². The van der Waals surface area contributed by atoms with Crippen molar-refractivity contribution >= 4 is 28.5 Å². The van der Waals surface area contributed by atoms with Crippen molar-refractivity contribution < 1.29 is 4.79 Å². The minimum absolute atomic E-state index is 0.0348. The van der Waals surface area contributed by atoms with Gasteiger partial charge in [0.25, 0.3) is 5.91 Å². The van der Waals surface area contributed by atoms with Gasteiger partial charge in [0.15, 0.2) is 5.82 Å². The molecule has 4 rings (SSSR count). The number of hydrogen-bond donors (Lipinski definition) is 1. The van der Waals surface area contributed by atoms with Crippen molar-refractivity contribution in [2.75, 3.05) is 6.54 Å². The van der Waals surface area contributed by atoms with Crippen molar-refractivity contribution in [3.8, 4) is 0 Å². The van der Waals surface area contributed by atoms with Crippen molar-refractivity contribution in [2.24, 2.45) is 0 Å². The summed E-state index contributed by atoms with van der Waals surface area (Å²) in [6.45, 7) is 3.30. The van der Waals surface area contributed by atoms with Crippen LogP contribution in [0.1, 0.15) is 29.3 Å². The first-order chi connectivity index (χ1) is 10.6. The van der Waals surface area contributed by atoms with Gasteiger partial charge in [0.05, 0.1) is 28.8 Å². The molecule has 0 saturated carbocycles. The molecule has 0 fully saturated rings. The molecule has 0 unspecified atom stereocenters. The van der Waals surface area contributed by atoms with E-state index >= 15 is 0 Å². The molecular formula is C15H14ClN5O. The minimum atomic E-state index is -0.118. The second-order valence-electron chi connectivity index (χ2n) is 5.38. The monoisotopic (exact) mass is 315 g/mol. The first-order valence-corrected chi connectivity index (χ1v) is 7.50. The Balaban J connectivity index is 1.70. The SMILES string of the molecule is C[C@@H]1c2ccnn2CCN1C(=O)c1nc2c(Cl)cccc2[nH]1. The average Bonchev–Trinajstić information content (AvgIpc) is 3.14. The fraction of sp³-hybridized carbons (Fsp3) is 0.267. The number of para-hydroxylation sites is 1. The molecule has 2 aromatic heterocycles. The van der Waals surface area contributed by atoms with Crippen LogP contribution in [0, 0.1) is 0 Å². The van der Waals surface area contributed by atoms with E-state index in [2.05, 4.69) is 15.1 Å². The molecule has 0 bridgehead atoms. The van der Waals surface area contributed by atoms with Crippen molar-refractivity contribution in [2.45, 2.75) is 19.5 Å². The summed E-state index contributed by atoms with van der Waals surface area (Å²) in [7, 11) is 0. The quantitative estimate of drug-likeness (QED) is 0.750. The fourth-order valence-electron chi connectivity index (χ4n) is 2.95. The molecule has 1 aliphatic heterocycles. The van der Waals surface area contributed by atoms with Crippen molar-refractivity contribution in [1.29, 1.82) is 0 Å². The Kier molecular flexibility index (Phi) is 2.94. The summed E-state index contributed by atoms with van der Waals surface area (Å²) < 4.78 is 1.93. The van der Waals surface area contributed by atoms with E-state index in [0.29, 0.717) is 29.5 Å². The van der Waals surface area contributed by atoms with E-state index in [1.807, 2.05) is 34.7 Å². The number of nitrogens with one attached hydrogen (secondary N) is 1. The Hall–Kier alpha value is -2.34. The van der Waals surface area contributed by atoms with Gasteiger partial charge < -0.3 is 9.88 Å². The Morgan fingerprint density at radius 1 is 1.36 bits per heavy atom. The molecule has 3 aromatic rings. The highest BCUT2D eigenvalue weighted by Gasteiger charge is 2.30. The molecule has 6 nitrogen and oxygen atoms in total. The van der Waals surface area contributed by atoms with E-state index < -0.39 is 0 Å². The third-order valence-electron chi connectivity index (χ3n) is 4.12. The van der Waals surface area contributed by atoms with Crippen LogP contribution >= 0.6 is 11.6 Å². The second kappa shape index (κ2) is 4.84. The number of carbonyl (C=O) groups is 1. The van der Waals surface area contributed by atoms with Gasteiger partial charge in [-0.3, -0.25) is 9.48 Å². The van der Waals surface area contributed by atoms with E-state index in [9.17, 15) is 4.79 Å². The summed E-state index contributed by atoms with van der Waals surface area (Å²) >= 11 is 6.12. The van der Waals surface area contributed by atoms with E-state index in [-0.39, 0.29) is 11.9 Å². The molecule has 22 heavy (non-hydrogen) atoms. The zero-order valence-electron chi connectivity index (χ0n) is 12.0. The average molecular weight is 316 g/mol. The molecule has 0 saturated heterocycles. The summed E-state index contributed by atoms with van der Waals surface area (Å²) in [5, 5.41) is 4.80. The van der Waals surface area contributed by atoms with Crippen LogP contribution in [0.2, 0.25) is 5.02 Å². The molecule has 0 spiro atoms. The van der Waals surface area contributed by atoms with Gasteiger partial charge in [-0.1, -0.05) is 17.7 Å². The van der Waals surface area contributed by atoms with Gasteiger partial charge in [-0.05, 0) is 25.1 Å². The number of halogens is 1. The molecule has 1 amide bonds. The second-order valence-corrected chi connectivity index (χ2v) is 5.78. The van der Waals surface area contributed by atoms with Crippen LogP contribution in [0.15, 0.2) is 30.5 Å². The smallest absolute Gasteiger partial charge is 0.290 e. The van der Waals surface area contributed by atoms with Gasteiger partial charge in [0.1, 0.15) is 5.52 Å². The van der Waals surface area contributed by atoms with E-state index in [1.165, 1.54) is 0 Å². The van der Waals surface area contributed by atoms with E-state index in [1.54, 1.807) is 12.3 Å². The normalized spacial score (nSPS) is 17.7. The number of hydrogen-bond acceptors (Lipinski definition) is 3. The molecule has 1 aliphatic rings. The van der Waals surface area contributed by atoms with Crippen LogP contribution in [0.5, 0.6) is 0 Å². The number of H-pyrrole nitrogens is 1. The van der Waals surface area contributed by atoms with Crippen LogP contribution in [0.3, 0.4) is 0 Å². The summed E-state index contributed by atoms with van der Waals surface area (Å²) in [5.41, 5.74) is 2.43. The van der Waals surface area contributed by atoms with Gasteiger partial charge >= 0.3 is 0 Å². The standard InChI is InChI=1S/C15H14ClN5O/c1-9-12-5-6-17-21(12)8-7-20(9)15(22)14-18-11-4-2-3-10(16)13(11)19-14/h2-6,9H,7-8H2,1H3,(H,18,19)/t9-/m1/s1. The lowest BCUT2D eigenvalue weighted by molar-refractivity contribution is 0.0625. The number of benzene rings is 1. The van der Waals surface area contributed by atoms with Crippen molar-refractivity contribution in [3.05, 3.63) is 47.0 Å². The zero-order valence-corrected chi connectivity index (χ0v) is 12.7. The maximum absolute atomic E-state index is 12.8. The number of imidazole rings is 1. The van der Waals surface area contributed by atoms with Gasteiger partial charge in [-0.25, -0.2) is 4.98 Å². The number of amides is 1. The fourth-order valence-corrected chi connectivity index (χ4v) is 3.17. The van der Waals surface area contributed by atoms with E-state index in [0.717, 1.165) is 11.2 Å². The number of carbonyl (C=O) groups excluding carboxylic acids is 1. The Morgan fingerprint density at radius 3 is 3.05 bits per heavy atom. The van der Waals surface area contributed by atoms with Gasteiger partial charge in [0.2, 0.25) is 0 Å². The third-order valence-corrected chi connectivity index (χ3v) is 4.43. The van der Waals surface area contributed by atoms with Crippen LogP contribution in [-0.2, 0) is 6.54 Å². The largest absolute Gasteiger partial charge is 0.334 e. The lowest BCUT2D eigenvalue weighted by Crippen LogP contribution is -2.41. The molecule has 112 valence electrons. The first kappa shape index (κ1) is 13.3. The van der Waals surface area contributed by atoms with Crippen LogP contribution in [-0.4, -0.2) is 37.1 Å². The number of nitrogens with zero attached hydrogens (tertiary/aromatic N) is 4. The van der Waals surface area contributed by atoms with Gasteiger partial charge in [-0.2, -0.15) is 5.10 Å². The molecular weight excluding hydrogens is 302 g/mol. The molecule has 1 aromatic carbocycles. The molecule has 0 radical (unpaired) electrons. The Bertz CT molecular complexity index is 868. The number of aromatic nitrogens is 4. The van der Waals surface area contributed by atoms with Crippen LogP contribution in [0.4, 0.5) is 0 Å². The summed E-state index contributed by atoms with van der Waals surface area (Å²) in [5.74, 6) is 0.204. The molecule has 1 N–H and O–H groups in total. The molecule has 0 aliphatic carbocycles. The predicted octanol–water partition coefficient (Wildman–Crippen LogP) is 2.63. The number of rotatable bonds is 1. The lowest BCUT2D eigenvalue weighted by Gasteiger charge is -2.33. The van der Waals surface area contributed by atoms with E-state index in [4.69, 9.17) is 11.6 Å². The zero-order chi connectivity index (χ0) is 15.3. The Morgan fingerprint density at radius 2 is 2.23 bits per heavy atom. The maximum Gasteiger partial charge on any atom is 0.290 e. The molecule has 3 heterocycles. The summed E-state index contributed by atoms with van der Waals surface area (Å²) in [6, 6.07) is 7.37. The first-order valence-electron chi connectivity index (χ1n) is 7.12. The third kappa shape index (κ3) is 1.91. The summed E-state index contributed by atoms with van der Waals surface area (Å²) in [4.78, 5) is 22.0. The maximum atomic E-state index is 12.8. The number of aromatic amines is 1. The van der Waals surface area contributed by atoms with Crippen LogP contribution in [0.25, 0.3) is 11.0 Å². The predicted molar refractivity (Wildman–Crippen MR) is 82.8 cm³/mol. The lowest BCUT2D eigenvalue weighted by atomic mass is 10.1. The highest BCUT2D eigenvalue weighted by Crippen LogP contribution is 2.27. The molecule has 7 heteroatoms. The highest BCUT2D eigenvalue weighted by molar-refractivity contribution is 6.35. The van der Waals surface area contributed by atoms with Crippen molar-refractivity contribution in [1.82, 2.24) is 24.6 Å². The van der Waals surface area contributed by atoms with Crippen LogP contribution < -0.4 is 0 Å². The minimum Gasteiger partial charge on any atom is -0.334 e. The Labute approximate surface area is 131 Å². The van der Waals surface area contributed by atoms with Crippen molar-refractivity contribution in [3.63, 3.8) is 0 Å². The number of fused-ring (bicyclic) bond motifs is 2. The summed E-state index contributed by atoms with van der Waals surface area (Å²) in [6.07, 6.45) is 1.76. The topological polar surface area (TPSA) is 66.8 Å². The van der Waals surface area contributed by atoms with Gasteiger partial charge in [-0.15, -0.1) is 0 Å². The highest BCUT2D eigenvalue weighted by atomic mass is 35.5.